The lowest BCUT2D eigenvalue weighted by Crippen LogP contribution is -2.34. The van der Waals surface area contributed by atoms with E-state index in [1.807, 2.05) is 31.2 Å². The molecule has 0 atom stereocenters. The topological polar surface area (TPSA) is 74.2 Å². The van der Waals surface area contributed by atoms with Gasteiger partial charge in [0.15, 0.2) is 5.82 Å². The molecule has 0 unspecified atom stereocenters. The first kappa shape index (κ1) is 16.8. The fraction of sp³-hybridized carbons (Fsp3) is 0.500. The molecule has 1 saturated carbocycles. The molecule has 0 spiro atoms. The fourth-order valence-corrected chi connectivity index (χ4v) is 2.80. The number of rotatable bonds is 5. The van der Waals surface area contributed by atoms with E-state index in [9.17, 15) is 0 Å². The van der Waals surface area contributed by atoms with Gasteiger partial charge in [-0.25, -0.2) is 0 Å². The van der Waals surface area contributed by atoms with Crippen LogP contribution in [0.25, 0.3) is 0 Å². The molecule has 3 rings (SSSR count). The third-order valence-corrected chi connectivity index (χ3v) is 4.00. The minimum absolute atomic E-state index is 0. The Morgan fingerprint density at radius 3 is 2.55 bits per heavy atom. The van der Waals surface area contributed by atoms with Gasteiger partial charge in [0.2, 0.25) is 5.89 Å². The average Bonchev–Trinajstić information content (AvgIpc) is 3.12. The first-order valence-electron chi connectivity index (χ1n) is 7.53. The molecule has 0 aliphatic heterocycles. The second-order valence-electron chi connectivity index (χ2n) is 5.63. The number of hydrogen-bond acceptors (Lipinski definition) is 5. The number of nitrogens with zero attached hydrogens (tertiary/aromatic N) is 2. The van der Waals surface area contributed by atoms with Gasteiger partial charge in [-0.1, -0.05) is 30.1 Å². The number of ether oxygens (including phenoxy) is 1. The van der Waals surface area contributed by atoms with Crippen LogP contribution < -0.4 is 10.5 Å². The van der Waals surface area contributed by atoms with Crippen LogP contribution in [0.5, 0.6) is 5.75 Å². The van der Waals surface area contributed by atoms with E-state index in [0.717, 1.165) is 37.0 Å². The minimum Gasteiger partial charge on any atom is -0.494 e. The number of halogens is 1. The fourth-order valence-electron chi connectivity index (χ4n) is 2.80. The van der Waals surface area contributed by atoms with E-state index >= 15 is 0 Å². The molecule has 0 bridgehead atoms. The van der Waals surface area contributed by atoms with E-state index in [-0.39, 0.29) is 17.9 Å². The van der Waals surface area contributed by atoms with E-state index in [1.54, 1.807) is 0 Å². The lowest BCUT2D eigenvalue weighted by atomic mass is 9.99. The van der Waals surface area contributed by atoms with Gasteiger partial charge >= 0.3 is 0 Å². The molecule has 2 N–H and O–H groups in total. The Morgan fingerprint density at radius 1 is 1.23 bits per heavy atom. The van der Waals surface area contributed by atoms with Crippen LogP contribution in [0.2, 0.25) is 0 Å². The van der Waals surface area contributed by atoms with E-state index in [1.165, 1.54) is 0 Å². The van der Waals surface area contributed by atoms with Crippen LogP contribution in [0.4, 0.5) is 0 Å². The second kappa shape index (κ2) is 7.11. The SMILES string of the molecule is CCOc1ccc(Cc2nc(C3(N)CCCC3)no2)cc1.Cl. The van der Waals surface area contributed by atoms with Crippen LogP contribution in [0.1, 0.15) is 49.9 Å². The smallest absolute Gasteiger partial charge is 0.231 e. The van der Waals surface area contributed by atoms with Crippen molar-refractivity contribution in [1.82, 2.24) is 10.1 Å². The monoisotopic (exact) mass is 323 g/mol. The molecular formula is C16H22ClN3O2. The van der Waals surface area contributed by atoms with Crippen LogP contribution in [0.3, 0.4) is 0 Å². The zero-order valence-electron chi connectivity index (χ0n) is 12.7. The summed E-state index contributed by atoms with van der Waals surface area (Å²) in [4.78, 5) is 4.48. The predicted octanol–water partition coefficient (Wildman–Crippen LogP) is 3.21. The molecule has 1 aromatic carbocycles. The summed E-state index contributed by atoms with van der Waals surface area (Å²) in [5, 5.41) is 4.08. The zero-order valence-corrected chi connectivity index (χ0v) is 13.6. The summed E-state index contributed by atoms with van der Waals surface area (Å²) in [6, 6.07) is 7.94. The molecule has 1 heterocycles. The molecule has 2 aromatic rings. The van der Waals surface area contributed by atoms with Gasteiger partial charge in [0.1, 0.15) is 5.75 Å². The highest BCUT2D eigenvalue weighted by Gasteiger charge is 2.35. The van der Waals surface area contributed by atoms with Crippen molar-refractivity contribution in [3.8, 4) is 5.75 Å². The van der Waals surface area contributed by atoms with Crippen molar-refractivity contribution < 1.29 is 9.26 Å². The van der Waals surface area contributed by atoms with E-state index in [0.29, 0.717) is 24.7 Å². The lowest BCUT2D eigenvalue weighted by Gasteiger charge is -2.17. The molecule has 1 aliphatic carbocycles. The molecule has 5 nitrogen and oxygen atoms in total. The highest BCUT2D eigenvalue weighted by molar-refractivity contribution is 5.85. The van der Waals surface area contributed by atoms with Gasteiger partial charge in [-0.15, -0.1) is 12.4 Å². The second-order valence-corrected chi connectivity index (χ2v) is 5.63. The average molecular weight is 324 g/mol. The zero-order chi connectivity index (χ0) is 14.7. The molecule has 0 radical (unpaired) electrons. The molecule has 0 saturated heterocycles. The standard InChI is InChI=1S/C16H21N3O2.ClH/c1-2-20-13-7-5-12(6-8-13)11-14-18-15(19-21-14)16(17)9-3-4-10-16;/h5-8H,2-4,9-11,17H2,1H3;1H. The Morgan fingerprint density at radius 2 is 1.91 bits per heavy atom. The summed E-state index contributed by atoms with van der Waals surface area (Å²) in [6.07, 6.45) is 4.78. The number of hydrogen-bond donors (Lipinski definition) is 1. The Bertz CT molecular complexity index is 592. The highest BCUT2D eigenvalue weighted by Crippen LogP contribution is 2.34. The van der Waals surface area contributed by atoms with Crippen LogP contribution in [-0.2, 0) is 12.0 Å². The minimum atomic E-state index is -0.388. The van der Waals surface area contributed by atoms with Crippen LogP contribution in [0.15, 0.2) is 28.8 Å². The predicted molar refractivity (Wildman–Crippen MR) is 86.3 cm³/mol. The van der Waals surface area contributed by atoms with Crippen molar-refractivity contribution >= 4 is 12.4 Å². The van der Waals surface area contributed by atoms with Gasteiger partial charge in [0.25, 0.3) is 0 Å². The Hall–Kier alpha value is -1.59. The van der Waals surface area contributed by atoms with Crippen molar-refractivity contribution in [3.05, 3.63) is 41.5 Å². The molecule has 1 aliphatic rings. The first-order chi connectivity index (χ1) is 10.2. The Balaban J connectivity index is 0.00000176. The third-order valence-electron chi connectivity index (χ3n) is 4.00. The maximum absolute atomic E-state index is 6.34. The van der Waals surface area contributed by atoms with Crippen LogP contribution in [0, 0.1) is 0 Å². The maximum atomic E-state index is 6.34. The summed E-state index contributed by atoms with van der Waals surface area (Å²) < 4.78 is 10.8. The van der Waals surface area contributed by atoms with Gasteiger partial charge in [-0.2, -0.15) is 4.98 Å². The van der Waals surface area contributed by atoms with Gasteiger partial charge in [0.05, 0.1) is 18.6 Å². The molecule has 120 valence electrons. The van der Waals surface area contributed by atoms with Crippen LogP contribution in [-0.4, -0.2) is 16.7 Å². The summed E-state index contributed by atoms with van der Waals surface area (Å²) in [5.41, 5.74) is 7.07. The van der Waals surface area contributed by atoms with Crippen molar-refractivity contribution in [3.63, 3.8) is 0 Å². The number of aromatic nitrogens is 2. The maximum Gasteiger partial charge on any atom is 0.231 e. The van der Waals surface area contributed by atoms with Gasteiger partial charge in [-0.05, 0) is 37.5 Å². The summed E-state index contributed by atoms with van der Waals surface area (Å²) >= 11 is 0. The largest absolute Gasteiger partial charge is 0.494 e. The summed E-state index contributed by atoms with van der Waals surface area (Å²) in [6.45, 7) is 2.64. The third kappa shape index (κ3) is 3.59. The van der Waals surface area contributed by atoms with E-state index in [2.05, 4.69) is 10.1 Å². The quantitative estimate of drug-likeness (QED) is 0.914. The summed E-state index contributed by atoms with van der Waals surface area (Å²) in [5.74, 6) is 2.14. The molecule has 1 fully saturated rings. The highest BCUT2D eigenvalue weighted by atomic mass is 35.5. The van der Waals surface area contributed by atoms with Gasteiger partial charge in [0, 0.05) is 0 Å². The van der Waals surface area contributed by atoms with Crippen molar-refractivity contribution in [2.24, 2.45) is 5.73 Å². The van der Waals surface area contributed by atoms with Crippen LogP contribution >= 0.6 is 12.4 Å². The summed E-state index contributed by atoms with van der Waals surface area (Å²) in [7, 11) is 0. The Kier molecular flexibility index (Phi) is 5.42. The lowest BCUT2D eigenvalue weighted by molar-refractivity contribution is 0.340. The van der Waals surface area contributed by atoms with Crippen molar-refractivity contribution in [2.75, 3.05) is 6.61 Å². The van der Waals surface area contributed by atoms with Crippen molar-refractivity contribution in [1.29, 1.82) is 0 Å². The molecule has 6 heteroatoms. The number of benzene rings is 1. The molecular weight excluding hydrogens is 302 g/mol. The van der Waals surface area contributed by atoms with Gasteiger partial charge in [-0.3, -0.25) is 0 Å². The molecule has 22 heavy (non-hydrogen) atoms. The van der Waals surface area contributed by atoms with Gasteiger partial charge < -0.3 is 15.0 Å². The normalized spacial score (nSPS) is 16.3. The first-order valence-corrected chi connectivity index (χ1v) is 7.53. The number of nitrogens with two attached hydrogens (primary N) is 1. The Labute approximate surface area is 136 Å². The van der Waals surface area contributed by atoms with Crippen molar-refractivity contribution in [2.45, 2.75) is 44.6 Å². The molecule has 0 amide bonds. The van der Waals surface area contributed by atoms with E-state index < -0.39 is 0 Å². The molecule has 1 aromatic heterocycles. The van der Waals surface area contributed by atoms with E-state index in [4.69, 9.17) is 15.0 Å².